The topological polar surface area (TPSA) is 30.5 Å². The van der Waals surface area contributed by atoms with Crippen LogP contribution in [0.2, 0.25) is 5.02 Å². The Morgan fingerprint density at radius 1 is 1.05 bits per heavy atom. The summed E-state index contributed by atoms with van der Waals surface area (Å²) in [6, 6.07) is 15.1. The quantitative estimate of drug-likeness (QED) is 0.814. The SMILES string of the molecule is COc1cccc(NCCOc2ccc(Cl)cc2)c1. The summed E-state index contributed by atoms with van der Waals surface area (Å²) in [5.41, 5.74) is 1.01. The maximum absolute atomic E-state index is 5.80. The van der Waals surface area contributed by atoms with Crippen molar-refractivity contribution in [2.24, 2.45) is 0 Å². The van der Waals surface area contributed by atoms with Gasteiger partial charge in [0.1, 0.15) is 18.1 Å². The van der Waals surface area contributed by atoms with E-state index in [-0.39, 0.29) is 0 Å². The van der Waals surface area contributed by atoms with E-state index in [0.717, 1.165) is 23.7 Å². The van der Waals surface area contributed by atoms with E-state index in [1.165, 1.54) is 0 Å². The van der Waals surface area contributed by atoms with E-state index in [1.54, 1.807) is 7.11 Å². The molecule has 0 heterocycles. The first-order valence-corrected chi connectivity index (χ1v) is 6.42. The van der Waals surface area contributed by atoms with Gasteiger partial charge in [0.25, 0.3) is 0 Å². The summed E-state index contributed by atoms with van der Waals surface area (Å²) in [5.74, 6) is 1.65. The average Bonchev–Trinajstić information content (AvgIpc) is 2.46. The molecule has 0 unspecified atom stereocenters. The molecule has 3 nitrogen and oxygen atoms in total. The van der Waals surface area contributed by atoms with Crippen LogP contribution >= 0.6 is 11.6 Å². The largest absolute Gasteiger partial charge is 0.497 e. The molecule has 2 rings (SSSR count). The second-order valence-corrected chi connectivity index (χ2v) is 4.40. The molecule has 0 amide bonds. The Labute approximate surface area is 118 Å². The maximum atomic E-state index is 5.80. The first-order valence-electron chi connectivity index (χ1n) is 6.04. The minimum Gasteiger partial charge on any atom is -0.497 e. The van der Waals surface area contributed by atoms with Gasteiger partial charge in [0.2, 0.25) is 0 Å². The summed E-state index contributed by atoms with van der Waals surface area (Å²) < 4.78 is 10.7. The number of hydrogen-bond acceptors (Lipinski definition) is 3. The van der Waals surface area contributed by atoms with Gasteiger partial charge in [0.05, 0.1) is 7.11 Å². The van der Waals surface area contributed by atoms with Crippen LogP contribution in [-0.4, -0.2) is 20.3 Å². The Kier molecular flexibility index (Phi) is 4.93. The second-order valence-electron chi connectivity index (χ2n) is 3.96. The standard InChI is InChI=1S/C15H16ClNO2/c1-18-15-4-2-3-13(11-15)17-9-10-19-14-7-5-12(16)6-8-14/h2-8,11,17H,9-10H2,1H3. The molecule has 1 N–H and O–H groups in total. The van der Waals surface area contributed by atoms with Crippen molar-refractivity contribution in [2.45, 2.75) is 0 Å². The summed E-state index contributed by atoms with van der Waals surface area (Å²) >= 11 is 5.80. The number of halogens is 1. The lowest BCUT2D eigenvalue weighted by molar-refractivity contribution is 0.333. The normalized spacial score (nSPS) is 10.0. The van der Waals surface area contributed by atoms with Crippen LogP contribution in [0.3, 0.4) is 0 Å². The molecular formula is C15H16ClNO2. The van der Waals surface area contributed by atoms with E-state index in [1.807, 2.05) is 48.5 Å². The van der Waals surface area contributed by atoms with Crippen LogP contribution < -0.4 is 14.8 Å². The summed E-state index contributed by atoms with van der Waals surface area (Å²) in [5, 5.41) is 3.98. The van der Waals surface area contributed by atoms with Crippen LogP contribution in [0.4, 0.5) is 5.69 Å². The highest BCUT2D eigenvalue weighted by atomic mass is 35.5. The Hall–Kier alpha value is -1.87. The monoisotopic (exact) mass is 277 g/mol. The van der Waals surface area contributed by atoms with Crippen LogP contribution in [0.25, 0.3) is 0 Å². The molecule has 2 aromatic rings. The third kappa shape index (κ3) is 4.38. The number of nitrogens with one attached hydrogen (secondary N) is 1. The Bertz CT molecular complexity index is 514. The third-order valence-electron chi connectivity index (χ3n) is 2.58. The molecule has 0 aliphatic rings. The van der Waals surface area contributed by atoms with Crippen LogP contribution in [0.15, 0.2) is 48.5 Å². The average molecular weight is 278 g/mol. The highest BCUT2D eigenvalue weighted by Gasteiger charge is 1.96. The van der Waals surface area contributed by atoms with Crippen LogP contribution in [0, 0.1) is 0 Å². The molecule has 4 heteroatoms. The van der Waals surface area contributed by atoms with Crippen LogP contribution in [0.5, 0.6) is 11.5 Å². The molecule has 0 saturated heterocycles. The van der Waals surface area contributed by atoms with Gasteiger partial charge in [-0.2, -0.15) is 0 Å². The molecule has 0 atom stereocenters. The summed E-state index contributed by atoms with van der Waals surface area (Å²) in [7, 11) is 1.66. The summed E-state index contributed by atoms with van der Waals surface area (Å²) in [6.07, 6.45) is 0. The van der Waals surface area contributed by atoms with Gasteiger partial charge >= 0.3 is 0 Å². The number of hydrogen-bond donors (Lipinski definition) is 1. The summed E-state index contributed by atoms with van der Waals surface area (Å²) in [4.78, 5) is 0. The zero-order valence-corrected chi connectivity index (χ0v) is 11.5. The number of rotatable bonds is 6. The molecular weight excluding hydrogens is 262 g/mol. The van der Waals surface area contributed by atoms with Gasteiger partial charge in [-0.25, -0.2) is 0 Å². The van der Waals surface area contributed by atoms with E-state index in [2.05, 4.69) is 5.32 Å². The molecule has 2 aromatic carbocycles. The highest BCUT2D eigenvalue weighted by molar-refractivity contribution is 6.30. The molecule has 0 aliphatic carbocycles. The lowest BCUT2D eigenvalue weighted by Crippen LogP contribution is -2.11. The first-order chi connectivity index (χ1) is 9.28. The molecule has 0 spiro atoms. The molecule has 0 radical (unpaired) electrons. The van der Waals surface area contributed by atoms with Gasteiger partial charge in [-0.3, -0.25) is 0 Å². The van der Waals surface area contributed by atoms with Crippen molar-refractivity contribution in [3.8, 4) is 11.5 Å². The van der Waals surface area contributed by atoms with Gasteiger partial charge in [-0.15, -0.1) is 0 Å². The predicted molar refractivity (Wildman–Crippen MR) is 78.4 cm³/mol. The Balaban J connectivity index is 1.75. The van der Waals surface area contributed by atoms with Gasteiger partial charge in [0.15, 0.2) is 0 Å². The van der Waals surface area contributed by atoms with Gasteiger partial charge < -0.3 is 14.8 Å². The Morgan fingerprint density at radius 3 is 2.58 bits per heavy atom. The maximum Gasteiger partial charge on any atom is 0.120 e. The van der Waals surface area contributed by atoms with Crippen LogP contribution in [0.1, 0.15) is 0 Å². The van der Waals surface area contributed by atoms with E-state index in [0.29, 0.717) is 11.6 Å². The molecule has 0 saturated carbocycles. The van der Waals surface area contributed by atoms with Crippen molar-refractivity contribution < 1.29 is 9.47 Å². The molecule has 19 heavy (non-hydrogen) atoms. The molecule has 0 fully saturated rings. The van der Waals surface area contributed by atoms with Crippen LogP contribution in [-0.2, 0) is 0 Å². The minimum atomic E-state index is 0.582. The minimum absolute atomic E-state index is 0.582. The van der Waals surface area contributed by atoms with E-state index in [4.69, 9.17) is 21.1 Å². The van der Waals surface area contributed by atoms with E-state index < -0.39 is 0 Å². The van der Waals surface area contributed by atoms with Crippen molar-refractivity contribution in [3.05, 3.63) is 53.6 Å². The van der Waals surface area contributed by atoms with Gasteiger partial charge in [0, 0.05) is 23.3 Å². The van der Waals surface area contributed by atoms with Gasteiger partial charge in [-0.05, 0) is 36.4 Å². The van der Waals surface area contributed by atoms with E-state index >= 15 is 0 Å². The number of anilines is 1. The van der Waals surface area contributed by atoms with Crippen molar-refractivity contribution >= 4 is 17.3 Å². The molecule has 100 valence electrons. The molecule has 0 aliphatic heterocycles. The predicted octanol–water partition coefficient (Wildman–Crippen LogP) is 3.84. The first kappa shape index (κ1) is 13.6. The zero-order chi connectivity index (χ0) is 13.5. The lowest BCUT2D eigenvalue weighted by atomic mass is 10.3. The third-order valence-corrected chi connectivity index (χ3v) is 2.84. The molecule has 0 bridgehead atoms. The second kappa shape index (κ2) is 6.90. The smallest absolute Gasteiger partial charge is 0.120 e. The van der Waals surface area contributed by atoms with Gasteiger partial charge in [-0.1, -0.05) is 17.7 Å². The van der Waals surface area contributed by atoms with Crippen molar-refractivity contribution in [1.29, 1.82) is 0 Å². The van der Waals surface area contributed by atoms with Crippen molar-refractivity contribution in [3.63, 3.8) is 0 Å². The van der Waals surface area contributed by atoms with Crippen molar-refractivity contribution in [2.75, 3.05) is 25.6 Å². The van der Waals surface area contributed by atoms with Crippen molar-refractivity contribution in [1.82, 2.24) is 0 Å². The fourth-order valence-corrected chi connectivity index (χ4v) is 1.75. The van der Waals surface area contributed by atoms with E-state index in [9.17, 15) is 0 Å². The Morgan fingerprint density at radius 2 is 1.84 bits per heavy atom. The number of methoxy groups -OCH3 is 1. The number of ether oxygens (including phenoxy) is 2. The highest BCUT2D eigenvalue weighted by Crippen LogP contribution is 2.17. The zero-order valence-electron chi connectivity index (χ0n) is 10.7. The lowest BCUT2D eigenvalue weighted by Gasteiger charge is -2.09. The number of benzene rings is 2. The fraction of sp³-hybridized carbons (Fsp3) is 0.200. The molecule has 0 aromatic heterocycles. The fourth-order valence-electron chi connectivity index (χ4n) is 1.63. The summed E-state index contributed by atoms with van der Waals surface area (Å²) in [6.45, 7) is 1.30.